The molecule has 0 saturated carbocycles. The molecule has 0 aliphatic carbocycles. The van der Waals surface area contributed by atoms with E-state index in [0.29, 0.717) is 5.39 Å². The Labute approximate surface area is 149 Å². The summed E-state index contributed by atoms with van der Waals surface area (Å²) < 4.78 is 84.0. The van der Waals surface area contributed by atoms with E-state index in [-0.39, 0.29) is 4.90 Å². The third-order valence-corrected chi connectivity index (χ3v) is 4.97. The molecule has 130 valence electrons. The van der Waals surface area contributed by atoms with Gasteiger partial charge >= 0.3 is 0 Å². The van der Waals surface area contributed by atoms with Crippen LogP contribution < -0.4 is 4.18 Å². The second-order valence-electron chi connectivity index (χ2n) is 4.84. The Hall–Kier alpha value is -2.00. The van der Waals surface area contributed by atoms with Gasteiger partial charge in [-0.3, -0.25) is 0 Å². The first-order valence-electron chi connectivity index (χ1n) is 6.61. The molecule has 3 aromatic rings. The van der Waals surface area contributed by atoms with Gasteiger partial charge in [0.2, 0.25) is 45.9 Å². The number of benzene rings is 3. The van der Waals surface area contributed by atoms with Crippen molar-refractivity contribution in [1.29, 1.82) is 0 Å². The SMILES string of the molecule is O=S(Oc1c(F)c(F)c(F)c(F)c1F)c1ccc2c(Br)cccc2c1. The first-order chi connectivity index (χ1) is 11.8. The molecule has 9 heteroatoms. The molecular weight excluding hydrogens is 431 g/mol. The first kappa shape index (κ1) is 17.8. The molecule has 0 saturated heterocycles. The number of rotatable bonds is 3. The highest BCUT2D eigenvalue weighted by Gasteiger charge is 2.28. The molecule has 25 heavy (non-hydrogen) atoms. The largest absolute Gasteiger partial charge is 0.390 e. The average Bonchev–Trinajstić information content (AvgIpc) is 2.61. The summed E-state index contributed by atoms with van der Waals surface area (Å²) in [6.07, 6.45) is 0. The molecule has 0 heterocycles. The molecule has 3 rings (SSSR count). The van der Waals surface area contributed by atoms with Crippen LogP contribution in [0.1, 0.15) is 0 Å². The number of fused-ring (bicyclic) bond motifs is 1. The smallest absolute Gasteiger partial charge is 0.240 e. The van der Waals surface area contributed by atoms with Crippen molar-refractivity contribution in [2.45, 2.75) is 4.90 Å². The summed E-state index contributed by atoms with van der Waals surface area (Å²) in [5.41, 5.74) is 0. The van der Waals surface area contributed by atoms with E-state index in [4.69, 9.17) is 0 Å². The topological polar surface area (TPSA) is 26.3 Å². The Morgan fingerprint density at radius 3 is 2.08 bits per heavy atom. The summed E-state index contributed by atoms with van der Waals surface area (Å²) in [4.78, 5) is -0.00505. The Bertz CT molecular complexity index is 996. The fraction of sp³-hybridized carbons (Fsp3) is 0. The Balaban J connectivity index is 2.01. The van der Waals surface area contributed by atoms with E-state index in [1.54, 1.807) is 24.3 Å². The maximum Gasteiger partial charge on any atom is 0.240 e. The van der Waals surface area contributed by atoms with Crippen LogP contribution in [0.4, 0.5) is 22.0 Å². The zero-order chi connectivity index (χ0) is 18.3. The van der Waals surface area contributed by atoms with E-state index in [2.05, 4.69) is 20.1 Å². The molecule has 0 aliphatic heterocycles. The molecule has 0 spiro atoms. The van der Waals surface area contributed by atoms with Crippen LogP contribution in [0.2, 0.25) is 0 Å². The van der Waals surface area contributed by atoms with Crippen molar-refractivity contribution in [1.82, 2.24) is 0 Å². The number of halogens is 6. The first-order valence-corrected chi connectivity index (χ1v) is 8.48. The van der Waals surface area contributed by atoms with Crippen molar-refractivity contribution < 1.29 is 30.3 Å². The normalized spacial score (nSPS) is 12.4. The summed E-state index contributed by atoms with van der Waals surface area (Å²) in [5, 5.41) is 1.42. The van der Waals surface area contributed by atoms with Crippen LogP contribution in [0.15, 0.2) is 45.8 Å². The molecule has 0 aliphatic rings. The van der Waals surface area contributed by atoms with Crippen molar-refractivity contribution in [3.8, 4) is 5.75 Å². The Morgan fingerprint density at radius 1 is 0.840 bits per heavy atom. The predicted octanol–water partition coefficient (Wildman–Crippen LogP) is 5.40. The second kappa shape index (κ2) is 6.72. The zero-order valence-electron chi connectivity index (χ0n) is 12.0. The minimum Gasteiger partial charge on any atom is -0.390 e. The summed E-state index contributed by atoms with van der Waals surface area (Å²) in [7, 11) is 0. The number of hydrogen-bond donors (Lipinski definition) is 0. The standard InChI is InChI=1S/C16H6BrF5O2S/c17-10-3-1-2-7-6-8(4-5-9(7)10)25(23)24-16-14(21)12(19)11(18)13(20)15(16)22/h1-6H. The molecule has 1 unspecified atom stereocenters. The molecule has 0 bridgehead atoms. The van der Waals surface area contributed by atoms with Crippen molar-refractivity contribution in [2.24, 2.45) is 0 Å². The van der Waals surface area contributed by atoms with Gasteiger partial charge in [0.05, 0.1) is 4.90 Å². The molecule has 0 amide bonds. The maximum absolute atomic E-state index is 13.6. The predicted molar refractivity (Wildman–Crippen MR) is 84.9 cm³/mol. The van der Waals surface area contributed by atoms with Crippen LogP contribution in [0, 0.1) is 29.1 Å². The van der Waals surface area contributed by atoms with Gasteiger partial charge in [0.1, 0.15) is 0 Å². The lowest BCUT2D eigenvalue weighted by Crippen LogP contribution is -2.09. The second-order valence-corrected chi connectivity index (χ2v) is 6.80. The van der Waals surface area contributed by atoms with Crippen molar-refractivity contribution in [3.05, 3.63) is 70.0 Å². The number of hydrogen-bond acceptors (Lipinski definition) is 2. The highest BCUT2D eigenvalue weighted by atomic mass is 79.9. The minimum atomic E-state index is -2.49. The van der Waals surface area contributed by atoms with Gasteiger partial charge in [-0.1, -0.05) is 34.1 Å². The van der Waals surface area contributed by atoms with Crippen LogP contribution in [0.25, 0.3) is 10.8 Å². The van der Waals surface area contributed by atoms with Crippen molar-refractivity contribution in [3.63, 3.8) is 0 Å². The minimum absolute atomic E-state index is 0.00505. The summed E-state index contributed by atoms with van der Waals surface area (Å²) in [6, 6.07) is 9.54. The van der Waals surface area contributed by atoms with Gasteiger partial charge < -0.3 is 4.18 Å². The van der Waals surface area contributed by atoms with Gasteiger partial charge in [0, 0.05) is 4.47 Å². The molecule has 0 radical (unpaired) electrons. The summed E-state index contributed by atoms with van der Waals surface area (Å²) in [6.45, 7) is 0. The lowest BCUT2D eigenvalue weighted by atomic mass is 10.1. The van der Waals surface area contributed by atoms with Gasteiger partial charge in [-0.25, -0.2) is 17.4 Å². The average molecular weight is 437 g/mol. The van der Waals surface area contributed by atoms with Crippen LogP contribution in [0.3, 0.4) is 0 Å². The van der Waals surface area contributed by atoms with E-state index >= 15 is 0 Å². The van der Waals surface area contributed by atoms with Gasteiger partial charge in [0.15, 0.2) is 0 Å². The third kappa shape index (κ3) is 3.13. The molecule has 3 aromatic carbocycles. The van der Waals surface area contributed by atoms with E-state index in [0.717, 1.165) is 9.86 Å². The highest BCUT2D eigenvalue weighted by Crippen LogP contribution is 2.31. The van der Waals surface area contributed by atoms with Crippen molar-refractivity contribution in [2.75, 3.05) is 0 Å². The fourth-order valence-corrected chi connectivity index (χ4v) is 3.42. The Kier molecular flexibility index (Phi) is 4.79. The monoisotopic (exact) mass is 436 g/mol. The molecular formula is C16H6BrF5O2S. The van der Waals surface area contributed by atoms with Crippen LogP contribution in [-0.4, -0.2) is 4.21 Å². The lowest BCUT2D eigenvalue weighted by Gasteiger charge is -2.10. The molecule has 0 fully saturated rings. The maximum atomic E-state index is 13.6. The third-order valence-electron chi connectivity index (χ3n) is 3.32. The zero-order valence-corrected chi connectivity index (χ0v) is 14.4. The lowest BCUT2D eigenvalue weighted by molar-refractivity contribution is 0.352. The van der Waals surface area contributed by atoms with E-state index in [9.17, 15) is 26.2 Å². The fourth-order valence-electron chi connectivity index (χ4n) is 2.11. The summed E-state index contributed by atoms with van der Waals surface area (Å²) >= 11 is 0.837. The van der Waals surface area contributed by atoms with Gasteiger partial charge in [-0.2, -0.15) is 8.78 Å². The van der Waals surface area contributed by atoms with Crippen LogP contribution >= 0.6 is 15.9 Å². The van der Waals surface area contributed by atoms with E-state index in [1.807, 2.05) is 0 Å². The van der Waals surface area contributed by atoms with Crippen molar-refractivity contribution >= 4 is 37.8 Å². The van der Waals surface area contributed by atoms with Gasteiger partial charge in [0.25, 0.3) is 0 Å². The summed E-state index contributed by atoms with van der Waals surface area (Å²) in [5.74, 6) is -12.6. The van der Waals surface area contributed by atoms with Crippen LogP contribution in [0.5, 0.6) is 5.75 Å². The molecule has 0 N–H and O–H groups in total. The van der Waals surface area contributed by atoms with E-state index < -0.39 is 45.9 Å². The Morgan fingerprint density at radius 2 is 1.44 bits per heavy atom. The van der Waals surface area contributed by atoms with Crippen LogP contribution in [-0.2, 0) is 11.1 Å². The molecule has 2 nitrogen and oxygen atoms in total. The van der Waals surface area contributed by atoms with Gasteiger partial charge in [-0.05, 0) is 29.0 Å². The molecule has 1 atom stereocenters. The van der Waals surface area contributed by atoms with Gasteiger partial charge in [-0.15, -0.1) is 0 Å². The molecule has 0 aromatic heterocycles. The van der Waals surface area contributed by atoms with E-state index in [1.165, 1.54) is 12.1 Å². The quantitative estimate of drug-likeness (QED) is 0.312. The highest BCUT2D eigenvalue weighted by molar-refractivity contribution is 9.10.